The Morgan fingerprint density at radius 2 is 2.06 bits per heavy atom. The van der Waals surface area contributed by atoms with Crippen molar-refractivity contribution in [2.24, 2.45) is 0 Å². The van der Waals surface area contributed by atoms with Crippen LogP contribution in [0.1, 0.15) is 28.8 Å². The van der Waals surface area contributed by atoms with Gasteiger partial charge in [-0.2, -0.15) is 0 Å². The fourth-order valence-corrected chi connectivity index (χ4v) is 1.86. The molecular formula is C13H16N2O2. The maximum atomic E-state index is 11.9. The molecule has 0 unspecified atom stereocenters. The molecule has 4 heteroatoms. The minimum Gasteiger partial charge on any atom is -0.354 e. The van der Waals surface area contributed by atoms with E-state index in [0.29, 0.717) is 18.5 Å². The Balaban J connectivity index is 2.01. The fourth-order valence-electron chi connectivity index (χ4n) is 1.86. The quantitative estimate of drug-likeness (QED) is 0.799. The van der Waals surface area contributed by atoms with E-state index in [0.717, 1.165) is 12.0 Å². The fraction of sp³-hybridized carbons (Fsp3) is 0.385. The predicted molar refractivity (Wildman–Crippen MR) is 64.7 cm³/mol. The molecular weight excluding hydrogens is 216 g/mol. The lowest BCUT2D eigenvalue weighted by Crippen LogP contribution is -2.50. The van der Waals surface area contributed by atoms with Gasteiger partial charge in [0.2, 0.25) is 5.91 Å². The number of carbonyl (C=O) groups excluding carboxylic acids is 2. The Morgan fingerprint density at radius 1 is 1.35 bits per heavy atom. The van der Waals surface area contributed by atoms with E-state index in [4.69, 9.17) is 0 Å². The van der Waals surface area contributed by atoms with E-state index in [9.17, 15) is 9.59 Å². The monoisotopic (exact) mass is 232 g/mol. The molecule has 17 heavy (non-hydrogen) atoms. The Hall–Kier alpha value is -1.84. The maximum absolute atomic E-state index is 11.9. The van der Waals surface area contributed by atoms with Gasteiger partial charge in [0, 0.05) is 12.1 Å². The zero-order valence-corrected chi connectivity index (χ0v) is 9.82. The van der Waals surface area contributed by atoms with Crippen LogP contribution < -0.4 is 10.6 Å². The van der Waals surface area contributed by atoms with Crippen molar-refractivity contribution < 1.29 is 9.59 Å². The second-order valence-electron chi connectivity index (χ2n) is 4.33. The molecule has 0 radical (unpaired) electrons. The number of piperidine rings is 1. The highest BCUT2D eigenvalue weighted by Gasteiger charge is 2.23. The van der Waals surface area contributed by atoms with Crippen LogP contribution >= 0.6 is 0 Å². The summed E-state index contributed by atoms with van der Waals surface area (Å²) in [6, 6.07) is 6.92. The molecule has 1 aromatic rings. The molecule has 1 aliphatic rings. The van der Waals surface area contributed by atoms with E-state index in [1.807, 2.05) is 19.1 Å². The van der Waals surface area contributed by atoms with Crippen molar-refractivity contribution in [1.29, 1.82) is 0 Å². The number of benzene rings is 1. The van der Waals surface area contributed by atoms with E-state index in [1.165, 1.54) is 0 Å². The smallest absolute Gasteiger partial charge is 0.251 e. The van der Waals surface area contributed by atoms with Gasteiger partial charge in [-0.1, -0.05) is 17.7 Å². The van der Waals surface area contributed by atoms with Crippen molar-refractivity contribution in [2.75, 3.05) is 6.54 Å². The standard InChI is InChI=1S/C13H16N2O2/c1-9-4-6-10(7-5-9)12(16)15-11-3-2-8-14-13(11)17/h4-7,11H,2-3,8H2,1H3,(H,14,17)(H,15,16)/t11-/m1/s1. The summed E-state index contributed by atoms with van der Waals surface area (Å²) >= 11 is 0. The molecule has 1 atom stereocenters. The van der Waals surface area contributed by atoms with Gasteiger partial charge < -0.3 is 10.6 Å². The third-order valence-corrected chi connectivity index (χ3v) is 2.90. The first-order chi connectivity index (χ1) is 8.16. The molecule has 0 saturated carbocycles. The van der Waals surface area contributed by atoms with Gasteiger partial charge in [-0.25, -0.2) is 0 Å². The van der Waals surface area contributed by atoms with Gasteiger partial charge >= 0.3 is 0 Å². The molecule has 1 aromatic carbocycles. The van der Waals surface area contributed by atoms with Crippen molar-refractivity contribution in [3.8, 4) is 0 Å². The summed E-state index contributed by atoms with van der Waals surface area (Å²) in [5.74, 6) is -0.274. The minimum atomic E-state index is -0.391. The molecule has 4 nitrogen and oxygen atoms in total. The van der Waals surface area contributed by atoms with Crippen LogP contribution in [0.5, 0.6) is 0 Å². The number of hydrogen-bond acceptors (Lipinski definition) is 2. The molecule has 90 valence electrons. The highest BCUT2D eigenvalue weighted by atomic mass is 16.2. The van der Waals surface area contributed by atoms with Crippen LogP contribution in [-0.4, -0.2) is 24.4 Å². The summed E-state index contributed by atoms with van der Waals surface area (Å²) in [5.41, 5.74) is 1.70. The number of amides is 2. The Bertz CT molecular complexity index is 426. The van der Waals surface area contributed by atoms with Crippen LogP contribution in [0.4, 0.5) is 0 Å². The normalized spacial score (nSPS) is 19.6. The molecule has 1 saturated heterocycles. The second kappa shape index (κ2) is 4.99. The Kier molecular flexibility index (Phi) is 3.42. The molecule has 0 spiro atoms. The van der Waals surface area contributed by atoms with E-state index in [2.05, 4.69) is 10.6 Å². The first-order valence-electron chi connectivity index (χ1n) is 5.82. The van der Waals surface area contributed by atoms with Crippen molar-refractivity contribution in [1.82, 2.24) is 10.6 Å². The highest BCUT2D eigenvalue weighted by Crippen LogP contribution is 2.06. The Labute approximate surface area is 100 Å². The SMILES string of the molecule is Cc1ccc(C(=O)N[C@@H]2CCCNC2=O)cc1. The Morgan fingerprint density at radius 3 is 2.71 bits per heavy atom. The molecule has 2 rings (SSSR count). The summed E-state index contributed by atoms with van der Waals surface area (Å²) in [7, 11) is 0. The first-order valence-corrected chi connectivity index (χ1v) is 5.82. The third kappa shape index (κ3) is 2.84. The van der Waals surface area contributed by atoms with Crippen LogP contribution in [0, 0.1) is 6.92 Å². The van der Waals surface area contributed by atoms with Crippen LogP contribution in [-0.2, 0) is 4.79 Å². The van der Waals surface area contributed by atoms with Crippen molar-refractivity contribution in [3.05, 3.63) is 35.4 Å². The molecule has 1 aliphatic heterocycles. The topological polar surface area (TPSA) is 58.2 Å². The average Bonchev–Trinajstić information content (AvgIpc) is 2.33. The molecule has 0 aromatic heterocycles. The van der Waals surface area contributed by atoms with E-state index >= 15 is 0 Å². The maximum Gasteiger partial charge on any atom is 0.251 e. The molecule has 0 bridgehead atoms. The van der Waals surface area contributed by atoms with Crippen LogP contribution in [0.3, 0.4) is 0 Å². The van der Waals surface area contributed by atoms with Gasteiger partial charge in [0.05, 0.1) is 0 Å². The molecule has 1 fully saturated rings. The van der Waals surface area contributed by atoms with Crippen LogP contribution in [0.25, 0.3) is 0 Å². The molecule has 0 aliphatic carbocycles. The average molecular weight is 232 g/mol. The van der Waals surface area contributed by atoms with Crippen molar-refractivity contribution in [3.63, 3.8) is 0 Å². The van der Waals surface area contributed by atoms with Gasteiger partial charge in [0.15, 0.2) is 0 Å². The summed E-state index contributed by atoms with van der Waals surface area (Å²) in [6.07, 6.45) is 1.62. The van der Waals surface area contributed by atoms with Crippen LogP contribution in [0.2, 0.25) is 0 Å². The third-order valence-electron chi connectivity index (χ3n) is 2.90. The van der Waals surface area contributed by atoms with E-state index in [1.54, 1.807) is 12.1 Å². The molecule has 1 heterocycles. The van der Waals surface area contributed by atoms with Crippen molar-refractivity contribution in [2.45, 2.75) is 25.8 Å². The zero-order chi connectivity index (χ0) is 12.3. The van der Waals surface area contributed by atoms with Gasteiger partial charge in [0.25, 0.3) is 5.91 Å². The first kappa shape index (κ1) is 11.6. The second-order valence-corrected chi connectivity index (χ2v) is 4.33. The summed E-state index contributed by atoms with van der Waals surface area (Å²) < 4.78 is 0. The predicted octanol–water partition coefficient (Wildman–Crippen LogP) is 1.00. The van der Waals surface area contributed by atoms with E-state index < -0.39 is 6.04 Å². The zero-order valence-electron chi connectivity index (χ0n) is 9.82. The van der Waals surface area contributed by atoms with Gasteiger partial charge in [-0.05, 0) is 31.9 Å². The van der Waals surface area contributed by atoms with Gasteiger partial charge in [-0.3, -0.25) is 9.59 Å². The lowest BCUT2D eigenvalue weighted by atomic mass is 10.1. The van der Waals surface area contributed by atoms with E-state index in [-0.39, 0.29) is 11.8 Å². The number of aryl methyl sites for hydroxylation is 1. The molecule has 2 N–H and O–H groups in total. The lowest BCUT2D eigenvalue weighted by molar-refractivity contribution is -0.124. The summed E-state index contributed by atoms with van der Waals surface area (Å²) in [6.45, 7) is 2.67. The number of rotatable bonds is 2. The highest BCUT2D eigenvalue weighted by molar-refractivity contribution is 5.97. The lowest BCUT2D eigenvalue weighted by Gasteiger charge is -2.22. The van der Waals surface area contributed by atoms with Gasteiger partial charge in [0.1, 0.15) is 6.04 Å². The summed E-state index contributed by atoms with van der Waals surface area (Å²) in [4.78, 5) is 23.4. The largest absolute Gasteiger partial charge is 0.354 e. The number of nitrogens with one attached hydrogen (secondary N) is 2. The summed E-state index contributed by atoms with van der Waals surface area (Å²) in [5, 5.41) is 5.50. The van der Waals surface area contributed by atoms with Gasteiger partial charge in [-0.15, -0.1) is 0 Å². The molecule has 2 amide bonds. The number of hydrogen-bond donors (Lipinski definition) is 2. The van der Waals surface area contributed by atoms with Crippen molar-refractivity contribution >= 4 is 11.8 Å². The number of carbonyl (C=O) groups is 2. The van der Waals surface area contributed by atoms with Crippen LogP contribution in [0.15, 0.2) is 24.3 Å². The minimum absolute atomic E-state index is 0.0864.